The summed E-state index contributed by atoms with van der Waals surface area (Å²) in [6.07, 6.45) is 3.66. The molecule has 3 heteroatoms. The highest BCUT2D eigenvalue weighted by Gasteiger charge is 2.03. The van der Waals surface area contributed by atoms with Gasteiger partial charge >= 0.3 is 0 Å². The molecule has 96 valence electrons. The van der Waals surface area contributed by atoms with Gasteiger partial charge in [0.05, 0.1) is 6.10 Å². The molecule has 0 heterocycles. The molecule has 0 aliphatic carbocycles. The first-order chi connectivity index (χ1) is 8.22. The molecule has 0 aliphatic heterocycles. The number of benzene rings is 1. The van der Waals surface area contributed by atoms with E-state index in [0.29, 0.717) is 0 Å². The van der Waals surface area contributed by atoms with Crippen molar-refractivity contribution in [1.29, 1.82) is 0 Å². The second kappa shape index (κ2) is 8.37. The molecule has 1 N–H and O–H groups in total. The van der Waals surface area contributed by atoms with E-state index in [9.17, 15) is 0 Å². The molecule has 0 radical (unpaired) electrons. The molecular formula is C14H22ClNO. The van der Waals surface area contributed by atoms with E-state index in [1.807, 2.05) is 24.3 Å². The predicted octanol–water partition coefficient (Wildman–Crippen LogP) is 3.89. The summed E-state index contributed by atoms with van der Waals surface area (Å²) in [4.78, 5) is 0. The number of rotatable bonds is 8. The maximum atomic E-state index is 5.82. The van der Waals surface area contributed by atoms with Crippen LogP contribution >= 0.6 is 11.6 Å². The third-order valence-corrected chi connectivity index (χ3v) is 2.79. The van der Waals surface area contributed by atoms with Crippen LogP contribution in [0, 0.1) is 0 Å². The zero-order valence-corrected chi connectivity index (χ0v) is 11.5. The Kier molecular flexibility index (Phi) is 7.06. The van der Waals surface area contributed by atoms with Crippen molar-refractivity contribution in [1.82, 2.24) is 5.32 Å². The minimum absolute atomic E-state index is 0.250. The fourth-order valence-corrected chi connectivity index (χ4v) is 1.75. The summed E-state index contributed by atoms with van der Waals surface area (Å²) >= 11 is 5.82. The Morgan fingerprint density at radius 2 is 1.94 bits per heavy atom. The average molecular weight is 256 g/mol. The first-order valence-corrected chi connectivity index (χ1v) is 6.73. The molecule has 0 amide bonds. The Balaban J connectivity index is 2.16. The quantitative estimate of drug-likeness (QED) is 0.712. The topological polar surface area (TPSA) is 21.3 Å². The average Bonchev–Trinajstić information content (AvgIpc) is 2.32. The molecule has 17 heavy (non-hydrogen) atoms. The van der Waals surface area contributed by atoms with Gasteiger partial charge in [-0.3, -0.25) is 0 Å². The van der Waals surface area contributed by atoms with E-state index in [2.05, 4.69) is 19.2 Å². The molecule has 0 saturated carbocycles. The third-order valence-electron chi connectivity index (χ3n) is 2.54. The first-order valence-electron chi connectivity index (χ1n) is 6.35. The van der Waals surface area contributed by atoms with E-state index < -0.39 is 0 Å². The van der Waals surface area contributed by atoms with Gasteiger partial charge in [0.15, 0.2) is 0 Å². The third kappa shape index (κ3) is 6.54. The van der Waals surface area contributed by atoms with Gasteiger partial charge in [0.1, 0.15) is 5.75 Å². The summed E-state index contributed by atoms with van der Waals surface area (Å²) in [5.41, 5.74) is 0. The first kappa shape index (κ1) is 14.3. The van der Waals surface area contributed by atoms with Gasteiger partial charge in [-0.2, -0.15) is 0 Å². The Morgan fingerprint density at radius 1 is 1.24 bits per heavy atom. The molecular weight excluding hydrogens is 234 g/mol. The van der Waals surface area contributed by atoms with Crippen LogP contribution in [0.5, 0.6) is 5.75 Å². The second-order valence-corrected chi connectivity index (χ2v) is 4.71. The number of ether oxygens (including phenoxy) is 1. The molecule has 0 aliphatic rings. The monoisotopic (exact) mass is 255 g/mol. The zero-order valence-electron chi connectivity index (χ0n) is 10.7. The van der Waals surface area contributed by atoms with Gasteiger partial charge in [-0.05, 0) is 63.5 Å². The minimum Gasteiger partial charge on any atom is -0.491 e. The highest BCUT2D eigenvalue weighted by molar-refractivity contribution is 6.30. The van der Waals surface area contributed by atoms with Crippen LogP contribution in [0.25, 0.3) is 0 Å². The molecule has 0 spiro atoms. The summed E-state index contributed by atoms with van der Waals surface area (Å²) in [6, 6.07) is 7.53. The van der Waals surface area contributed by atoms with E-state index in [4.69, 9.17) is 16.3 Å². The van der Waals surface area contributed by atoms with Crippen LogP contribution in [0.2, 0.25) is 5.02 Å². The van der Waals surface area contributed by atoms with Crippen LogP contribution in [-0.2, 0) is 0 Å². The van der Waals surface area contributed by atoms with Gasteiger partial charge in [-0.25, -0.2) is 0 Å². The lowest BCUT2D eigenvalue weighted by molar-refractivity contribution is 0.207. The van der Waals surface area contributed by atoms with Gasteiger partial charge in [0.2, 0.25) is 0 Å². The van der Waals surface area contributed by atoms with E-state index >= 15 is 0 Å². The van der Waals surface area contributed by atoms with Gasteiger partial charge in [0.25, 0.3) is 0 Å². The summed E-state index contributed by atoms with van der Waals surface area (Å²) < 4.78 is 5.79. The number of hydrogen-bond donors (Lipinski definition) is 1. The second-order valence-electron chi connectivity index (χ2n) is 4.27. The van der Waals surface area contributed by atoms with Crippen molar-refractivity contribution in [2.24, 2.45) is 0 Å². The summed E-state index contributed by atoms with van der Waals surface area (Å²) in [7, 11) is 0. The zero-order chi connectivity index (χ0) is 12.5. The fourth-order valence-electron chi connectivity index (χ4n) is 1.62. The molecule has 0 fully saturated rings. The maximum absolute atomic E-state index is 5.82. The largest absolute Gasteiger partial charge is 0.491 e. The van der Waals surface area contributed by atoms with Crippen LogP contribution in [0.15, 0.2) is 24.3 Å². The lowest BCUT2D eigenvalue weighted by Gasteiger charge is -2.14. The Bertz CT molecular complexity index is 300. The van der Waals surface area contributed by atoms with Crippen LogP contribution in [0.1, 0.15) is 33.1 Å². The molecule has 1 unspecified atom stereocenters. The van der Waals surface area contributed by atoms with Crippen LogP contribution in [0.3, 0.4) is 0 Å². The van der Waals surface area contributed by atoms with Crippen LogP contribution in [0.4, 0.5) is 0 Å². The van der Waals surface area contributed by atoms with Crippen molar-refractivity contribution in [3.05, 3.63) is 29.3 Å². The highest BCUT2D eigenvalue weighted by Crippen LogP contribution is 2.17. The Labute approximate surface area is 109 Å². The number of hydrogen-bond acceptors (Lipinski definition) is 2. The normalized spacial score (nSPS) is 12.4. The minimum atomic E-state index is 0.250. The summed E-state index contributed by atoms with van der Waals surface area (Å²) in [5, 5.41) is 4.13. The van der Waals surface area contributed by atoms with E-state index in [1.54, 1.807) is 0 Å². The Morgan fingerprint density at radius 3 is 2.59 bits per heavy atom. The molecule has 2 nitrogen and oxygen atoms in total. The van der Waals surface area contributed by atoms with Crippen molar-refractivity contribution < 1.29 is 4.74 Å². The molecule has 1 atom stereocenters. The lowest BCUT2D eigenvalue weighted by atomic mass is 10.2. The van der Waals surface area contributed by atoms with Gasteiger partial charge in [-0.1, -0.05) is 18.5 Å². The maximum Gasteiger partial charge on any atom is 0.119 e. The molecule has 1 aromatic rings. The number of nitrogens with one attached hydrogen (secondary N) is 1. The van der Waals surface area contributed by atoms with E-state index in [0.717, 1.165) is 36.7 Å². The predicted molar refractivity (Wildman–Crippen MR) is 73.9 cm³/mol. The van der Waals surface area contributed by atoms with Crippen LogP contribution < -0.4 is 10.1 Å². The fraction of sp³-hybridized carbons (Fsp3) is 0.571. The summed E-state index contributed by atoms with van der Waals surface area (Å²) in [6.45, 7) is 6.46. The lowest BCUT2D eigenvalue weighted by Crippen LogP contribution is -2.19. The van der Waals surface area contributed by atoms with Gasteiger partial charge in [-0.15, -0.1) is 0 Å². The molecule has 0 bridgehead atoms. The SMILES string of the molecule is CCCNCCCC(C)Oc1ccc(Cl)cc1. The smallest absolute Gasteiger partial charge is 0.119 e. The Hall–Kier alpha value is -0.730. The molecule has 1 aromatic carbocycles. The van der Waals surface area contributed by atoms with Crippen LogP contribution in [-0.4, -0.2) is 19.2 Å². The molecule has 0 aromatic heterocycles. The van der Waals surface area contributed by atoms with Crippen molar-refractivity contribution in [2.75, 3.05) is 13.1 Å². The van der Waals surface area contributed by atoms with Gasteiger partial charge < -0.3 is 10.1 Å². The van der Waals surface area contributed by atoms with Crippen molar-refractivity contribution in [2.45, 2.75) is 39.2 Å². The highest BCUT2D eigenvalue weighted by atomic mass is 35.5. The van der Waals surface area contributed by atoms with Gasteiger partial charge in [0, 0.05) is 5.02 Å². The summed E-state index contributed by atoms with van der Waals surface area (Å²) in [5.74, 6) is 0.892. The van der Waals surface area contributed by atoms with E-state index in [-0.39, 0.29) is 6.10 Å². The molecule has 1 rings (SSSR count). The van der Waals surface area contributed by atoms with E-state index in [1.165, 1.54) is 6.42 Å². The standard InChI is InChI=1S/C14H22ClNO/c1-3-10-16-11-4-5-12(2)17-14-8-6-13(15)7-9-14/h6-9,12,16H,3-5,10-11H2,1-2H3. The van der Waals surface area contributed by atoms with Crippen molar-refractivity contribution in [3.63, 3.8) is 0 Å². The molecule has 0 saturated heterocycles. The van der Waals surface area contributed by atoms with Crippen molar-refractivity contribution in [3.8, 4) is 5.75 Å². The van der Waals surface area contributed by atoms with Crippen molar-refractivity contribution >= 4 is 11.6 Å². The number of halogens is 1.